The third-order valence-electron chi connectivity index (χ3n) is 3.76. The molecule has 0 spiro atoms. The van der Waals surface area contributed by atoms with Crippen molar-refractivity contribution >= 4 is 21.7 Å². The summed E-state index contributed by atoms with van der Waals surface area (Å²) in [5, 5.41) is 9.15. The van der Waals surface area contributed by atoms with E-state index in [1.807, 2.05) is 6.92 Å². The van der Waals surface area contributed by atoms with Crippen LogP contribution >= 0.6 is 0 Å². The Morgan fingerprint density at radius 2 is 1.88 bits per heavy atom. The van der Waals surface area contributed by atoms with E-state index < -0.39 is 16.0 Å². The number of carboxylic acids is 1. The van der Waals surface area contributed by atoms with Crippen LogP contribution in [0.15, 0.2) is 47.4 Å². The van der Waals surface area contributed by atoms with Crippen molar-refractivity contribution in [2.24, 2.45) is 0 Å². The van der Waals surface area contributed by atoms with Crippen LogP contribution in [0, 0.1) is 0 Å². The van der Waals surface area contributed by atoms with Crippen LogP contribution in [0.4, 0.5) is 5.69 Å². The van der Waals surface area contributed by atoms with Gasteiger partial charge in [0.05, 0.1) is 23.3 Å². The lowest BCUT2D eigenvalue weighted by Gasteiger charge is -2.23. The van der Waals surface area contributed by atoms with E-state index in [2.05, 4.69) is 0 Å². The van der Waals surface area contributed by atoms with Gasteiger partial charge < -0.3 is 9.84 Å². The molecule has 0 aliphatic heterocycles. The summed E-state index contributed by atoms with van der Waals surface area (Å²) >= 11 is 0. The Morgan fingerprint density at radius 1 is 1.21 bits per heavy atom. The van der Waals surface area contributed by atoms with Gasteiger partial charge in [0.1, 0.15) is 5.75 Å². The third-order valence-corrected chi connectivity index (χ3v) is 5.61. The van der Waals surface area contributed by atoms with E-state index in [0.29, 0.717) is 23.4 Å². The highest BCUT2D eigenvalue weighted by atomic mass is 32.2. The molecule has 2 aromatic carbocycles. The molecule has 0 amide bonds. The summed E-state index contributed by atoms with van der Waals surface area (Å²) in [5.41, 5.74) is 0.865. The Bertz CT molecular complexity index is 861. The van der Waals surface area contributed by atoms with Crippen molar-refractivity contribution in [3.05, 3.63) is 53.6 Å². The van der Waals surface area contributed by atoms with Gasteiger partial charge in [-0.05, 0) is 36.2 Å². The first kappa shape index (κ1) is 17.8. The molecular formula is C17H19NO5S. The van der Waals surface area contributed by atoms with E-state index in [1.165, 1.54) is 32.4 Å². The first-order valence-corrected chi connectivity index (χ1v) is 8.75. The maximum atomic E-state index is 13.0. The number of aromatic carboxylic acids is 1. The molecule has 1 N–H and O–H groups in total. The van der Waals surface area contributed by atoms with Gasteiger partial charge in [0.15, 0.2) is 0 Å². The van der Waals surface area contributed by atoms with Gasteiger partial charge in [-0.1, -0.05) is 25.1 Å². The third kappa shape index (κ3) is 3.21. The molecule has 0 aromatic heterocycles. The number of hydrogen-bond donors (Lipinski definition) is 1. The minimum atomic E-state index is -3.93. The second-order valence-electron chi connectivity index (χ2n) is 5.13. The van der Waals surface area contributed by atoms with Gasteiger partial charge in [-0.2, -0.15) is 0 Å². The lowest BCUT2D eigenvalue weighted by Crippen LogP contribution is -2.28. The standard InChI is InChI=1S/C17H19NO5S/c1-4-12-9-10-13(17(19)20)11-16(12)24(21,22)18(2)14-7-5-6-8-15(14)23-3/h5-11H,4H2,1-3H3,(H,19,20). The minimum Gasteiger partial charge on any atom is -0.495 e. The molecule has 0 heterocycles. The van der Waals surface area contributed by atoms with E-state index in [0.717, 1.165) is 4.31 Å². The normalized spacial score (nSPS) is 11.1. The monoisotopic (exact) mass is 349 g/mol. The largest absolute Gasteiger partial charge is 0.495 e. The van der Waals surface area contributed by atoms with Crippen LogP contribution in [0.1, 0.15) is 22.8 Å². The van der Waals surface area contributed by atoms with E-state index in [9.17, 15) is 13.2 Å². The lowest BCUT2D eigenvalue weighted by atomic mass is 10.1. The number of carboxylic acid groups (broad SMARTS) is 1. The molecule has 128 valence electrons. The van der Waals surface area contributed by atoms with Gasteiger partial charge in [0.25, 0.3) is 10.0 Å². The predicted octanol–water partition coefficient (Wildman–Crippen LogP) is 2.78. The van der Waals surface area contributed by atoms with Gasteiger partial charge in [-0.15, -0.1) is 0 Å². The van der Waals surface area contributed by atoms with Crippen molar-refractivity contribution in [1.29, 1.82) is 0 Å². The van der Waals surface area contributed by atoms with Crippen LogP contribution in [-0.2, 0) is 16.4 Å². The molecule has 24 heavy (non-hydrogen) atoms. The topological polar surface area (TPSA) is 83.9 Å². The highest BCUT2D eigenvalue weighted by Gasteiger charge is 2.27. The molecule has 0 bridgehead atoms. The van der Waals surface area contributed by atoms with Crippen LogP contribution in [-0.4, -0.2) is 33.7 Å². The SMILES string of the molecule is CCc1ccc(C(=O)O)cc1S(=O)(=O)N(C)c1ccccc1OC. The summed E-state index contributed by atoms with van der Waals surface area (Å²) in [5.74, 6) is -0.759. The number of ether oxygens (including phenoxy) is 1. The Balaban J connectivity index is 2.61. The first-order valence-electron chi connectivity index (χ1n) is 7.31. The number of aryl methyl sites for hydroxylation is 1. The molecule has 2 rings (SSSR count). The van der Waals surface area contributed by atoms with E-state index in [4.69, 9.17) is 9.84 Å². The maximum Gasteiger partial charge on any atom is 0.335 e. The number of para-hydroxylation sites is 2. The Labute approximate surface area is 141 Å². The van der Waals surface area contributed by atoms with Crippen LogP contribution in [0.5, 0.6) is 5.75 Å². The molecule has 0 saturated heterocycles. The predicted molar refractivity (Wildman–Crippen MR) is 91.4 cm³/mol. The summed E-state index contributed by atoms with van der Waals surface area (Å²) in [6, 6.07) is 10.9. The van der Waals surface area contributed by atoms with Crippen LogP contribution in [0.3, 0.4) is 0 Å². The number of methoxy groups -OCH3 is 1. The molecule has 2 aromatic rings. The number of benzene rings is 2. The Morgan fingerprint density at radius 3 is 2.46 bits per heavy atom. The maximum absolute atomic E-state index is 13.0. The first-order chi connectivity index (χ1) is 11.3. The number of rotatable bonds is 6. The molecular weight excluding hydrogens is 330 g/mol. The number of anilines is 1. The van der Waals surface area contributed by atoms with E-state index >= 15 is 0 Å². The zero-order valence-corrected chi connectivity index (χ0v) is 14.5. The fourth-order valence-corrected chi connectivity index (χ4v) is 3.91. The second kappa shape index (κ2) is 6.92. The van der Waals surface area contributed by atoms with Crippen molar-refractivity contribution in [1.82, 2.24) is 0 Å². The van der Waals surface area contributed by atoms with E-state index in [1.54, 1.807) is 24.3 Å². The fourth-order valence-electron chi connectivity index (χ4n) is 2.39. The highest BCUT2D eigenvalue weighted by Crippen LogP contribution is 2.32. The van der Waals surface area contributed by atoms with Crippen molar-refractivity contribution in [2.75, 3.05) is 18.5 Å². The summed E-state index contributed by atoms with van der Waals surface area (Å²) in [4.78, 5) is 11.2. The van der Waals surface area contributed by atoms with Crippen LogP contribution < -0.4 is 9.04 Å². The molecule has 6 nitrogen and oxygen atoms in total. The smallest absolute Gasteiger partial charge is 0.335 e. The summed E-state index contributed by atoms with van der Waals surface area (Å²) in [6.45, 7) is 1.82. The van der Waals surface area contributed by atoms with E-state index in [-0.39, 0.29) is 10.5 Å². The zero-order valence-electron chi connectivity index (χ0n) is 13.7. The Hall–Kier alpha value is -2.54. The van der Waals surface area contributed by atoms with Crippen LogP contribution in [0.25, 0.3) is 0 Å². The summed E-state index contributed by atoms with van der Waals surface area (Å²) < 4.78 is 32.4. The molecule has 0 aliphatic carbocycles. The number of nitrogens with zero attached hydrogens (tertiary/aromatic N) is 1. The van der Waals surface area contributed by atoms with Gasteiger partial charge in [0, 0.05) is 7.05 Å². The van der Waals surface area contributed by atoms with Crippen molar-refractivity contribution in [3.8, 4) is 5.75 Å². The van der Waals surface area contributed by atoms with Crippen molar-refractivity contribution in [2.45, 2.75) is 18.2 Å². The molecule has 0 aliphatic rings. The summed E-state index contributed by atoms with van der Waals surface area (Å²) in [7, 11) is -1.06. The van der Waals surface area contributed by atoms with Gasteiger partial charge in [0.2, 0.25) is 0 Å². The van der Waals surface area contributed by atoms with Crippen LogP contribution in [0.2, 0.25) is 0 Å². The lowest BCUT2D eigenvalue weighted by molar-refractivity contribution is 0.0696. The molecule has 0 fully saturated rings. The number of hydrogen-bond acceptors (Lipinski definition) is 4. The molecule has 7 heteroatoms. The average Bonchev–Trinajstić information content (AvgIpc) is 2.60. The molecule has 0 saturated carbocycles. The summed E-state index contributed by atoms with van der Waals surface area (Å²) in [6.07, 6.45) is 0.466. The quantitative estimate of drug-likeness (QED) is 0.867. The Kier molecular flexibility index (Phi) is 5.14. The number of sulfonamides is 1. The van der Waals surface area contributed by atoms with Crippen molar-refractivity contribution < 1.29 is 23.1 Å². The number of carbonyl (C=O) groups is 1. The van der Waals surface area contributed by atoms with Gasteiger partial charge >= 0.3 is 5.97 Å². The van der Waals surface area contributed by atoms with Gasteiger partial charge in [-0.25, -0.2) is 13.2 Å². The fraction of sp³-hybridized carbons (Fsp3) is 0.235. The zero-order chi connectivity index (χ0) is 17.9. The van der Waals surface area contributed by atoms with Crippen molar-refractivity contribution in [3.63, 3.8) is 0 Å². The molecule has 0 radical (unpaired) electrons. The minimum absolute atomic E-state index is 0.0155. The second-order valence-corrected chi connectivity index (χ2v) is 7.06. The average molecular weight is 349 g/mol. The van der Waals surface area contributed by atoms with Gasteiger partial charge in [-0.3, -0.25) is 4.31 Å². The molecule has 0 unspecified atom stereocenters. The highest BCUT2D eigenvalue weighted by molar-refractivity contribution is 7.92. The molecule has 0 atom stereocenters.